The molecule has 2 N–H and O–H groups in total. The number of rotatable bonds is 6. The molecule has 1 aromatic heterocycles. The Bertz CT molecular complexity index is 457. The molecular formula is C14H24N6O. The van der Waals surface area contributed by atoms with Gasteiger partial charge in [-0.1, -0.05) is 0 Å². The molecule has 2 aliphatic heterocycles. The van der Waals surface area contributed by atoms with Crippen molar-refractivity contribution in [2.45, 2.75) is 26.2 Å². The molecule has 2 saturated heterocycles. The average molecular weight is 292 g/mol. The molecule has 7 heteroatoms. The molecule has 2 fully saturated rings. The molecule has 0 spiro atoms. The summed E-state index contributed by atoms with van der Waals surface area (Å²) in [5.41, 5.74) is 0. The zero-order chi connectivity index (χ0) is 14.5. The topological polar surface area (TPSA) is 75.2 Å². The fourth-order valence-electron chi connectivity index (χ4n) is 2.72. The van der Waals surface area contributed by atoms with Crippen molar-refractivity contribution in [1.82, 2.24) is 15.0 Å². The van der Waals surface area contributed by atoms with Crippen molar-refractivity contribution < 1.29 is 4.74 Å². The van der Waals surface area contributed by atoms with Gasteiger partial charge in [-0.05, 0) is 26.2 Å². The lowest BCUT2D eigenvalue weighted by Crippen LogP contribution is -2.23. The Morgan fingerprint density at radius 2 is 1.90 bits per heavy atom. The Morgan fingerprint density at radius 3 is 2.57 bits per heavy atom. The van der Waals surface area contributed by atoms with E-state index in [2.05, 4.69) is 30.5 Å². The number of ether oxygens (including phenoxy) is 1. The van der Waals surface area contributed by atoms with Crippen LogP contribution in [-0.2, 0) is 4.74 Å². The van der Waals surface area contributed by atoms with Crippen LogP contribution >= 0.6 is 0 Å². The van der Waals surface area contributed by atoms with Gasteiger partial charge >= 0.3 is 0 Å². The molecule has 21 heavy (non-hydrogen) atoms. The number of hydrogen-bond donors (Lipinski definition) is 2. The summed E-state index contributed by atoms with van der Waals surface area (Å²) in [5.74, 6) is 2.65. The normalized spacial score (nSPS) is 21.8. The average Bonchev–Trinajstić information content (AvgIpc) is 3.19. The summed E-state index contributed by atoms with van der Waals surface area (Å²) < 4.78 is 5.40. The van der Waals surface area contributed by atoms with Gasteiger partial charge in [0.05, 0.1) is 6.61 Å². The van der Waals surface area contributed by atoms with E-state index in [0.29, 0.717) is 17.8 Å². The number of aromatic nitrogens is 3. The van der Waals surface area contributed by atoms with E-state index < -0.39 is 0 Å². The maximum Gasteiger partial charge on any atom is 0.231 e. The Balaban J connectivity index is 1.70. The Hall–Kier alpha value is -1.63. The highest BCUT2D eigenvalue weighted by molar-refractivity contribution is 5.44. The second kappa shape index (κ2) is 6.89. The molecule has 1 atom stereocenters. The van der Waals surface area contributed by atoms with Gasteiger partial charge in [0.1, 0.15) is 0 Å². The SMILES string of the molecule is CCNc1nc(NCC2CCOC2)nc(N2CCCC2)n1. The third kappa shape index (κ3) is 3.72. The van der Waals surface area contributed by atoms with E-state index in [1.807, 2.05) is 6.92 Å². The van der Waals surface area contributed by atoms with E-state index in [4.69, 9.17) is 4.74 Å². The number of hydrogen-bond acceptors (Lipinski definition) is 7. The summed E-state index contributed by atoms with van der Waals surface area (Å²) in [6.45, 7) is 7.47. The van der Waals surface area contributed by atoms with E-state index in [9.17, 15) is 0 Å². The standard InChI is InChI=1S/C14H24N6O/c1-2-15-12-17-13(16-9-11-5-8-21-10-11)19-14(18-12)20-6-3-4-7-20/h11H,2-10H2,1H3,(H2,15,16,17,18,19). The number of nitrogens with zero attached hydrogens (tertiary/aromatic N) is 4. The lowest BCUT2D eigenvalue weighted by molar-refractivity contribution is 0.187. The Labute approximate surface area is 125 Å². The minimum atomic E-state index is 0.555. The first-order valence-corrected chi connectivity index (χ1v) is 7.91. The third-order valence-electron chi connectivity index (χ3n) is 3.92. The minimum absolute atomic E-state index is 0.555. The van der Waals surface area contributed by atoms with Gasteiger partial charge in [-0.2, -0.15) is 15.0 Å². The summed E-state index contributed by atoms with van der Waals surface area (Å²) in [6.07, 6.45) is 3.53. The maximum atomic E-state index is 5.40. The van der Waals surface area contributed by atoms with E-state index in [1.165, 1.54) is 12.8 Å². The van der Waals surface area contributed by atoms with E-state index in [0.717, 1.165) is 51.8 Å². The smallest absolute Gasteiger partial charge is 0.231 e. The lowest BCUT2D eigenvalue weighted by atomic mass is 10.1. The summed E-state index contributed by atoms with van der Waals surface area (Å²) in [6, 6.07) is 0. The molecule has 0 saturated carbocycles. The molecular weight excluding hydrogens is 268 g/mol. The van der Waals surface area contributed by atoms with Gasteiger partial charge in [-0.25, -0.2) is 0 Å². The van der Waals surface area contributed by atoms with E-state index >= 15 is 0 Å². The predicted octanol–water partition coefficient (Wildman–Crippen LogP) is 1.35. The van der Waals surface area contributed by atoms with Crippen LogP contribution in [0.4, 0.5) is 17.8 Å². The Morgan fingerprint density at radius 1 is 1.14 bits per heavy atom. The van der Waals surface area contributed by atoms with Gasteiger partial charge in [0, 0.05) is 38.7 Å². The predicted molar refractivity (Wildman–Crippen MR) is 82.9 cm³/mol. The van der Waals surface area contributed by atoms with Crippen molar-refractivity contribution in [3.8, 4) is 0 Å². The molecule has 0 aliphatic carbocycles. The van der Waals surface area contributed by atoms with Gasteiger partial charge in [0.2, 0.25) is 17.8 Å². The van der Waals surface area contributed by atoms with Gasteiger partial charge < -0.3 is 20.3 Å². The van der Waals surface area contributed by atoms with Crippen LogP contribution < -0.4 is 15.5 Å². The first-order chi connectivity index (χ1) is 10.3. The monoisotopic (exact) mass is 292 g/mol. The zero-order valence-corrected chi connectivity index (χ0v) is 12.6. The largest absolute Gasteiger partial charge is 0.381 e. The van der Waals surface area contributed by atoms with Gasteiger partial charge in [-0.15, -0.1) is 0 Å². The van der Waals surface area contributed by atoms with Gasteiger partial charge in [0.25, 0.3) is 0 Å². The Kier molecular flexibility index (Phi) is 4.69. The molecule has 3 rings (SSSR count). The molecule has 0 bridgehead atoms. The van der Waals surface area contributed by atoms with Gasteiger partial charge in [-0.3, -0.25) is 0 Å². The summed E-state index contributed by atoms with van der Waals surface area (Å²) in [4.78, 5) is 15.8. The van der Waals surface area contributed by atoms with Gasteiger partial charge in [0.15, 0.2) is 0 Å². The van der Waals surface area contributed by atoms with Crippen LogP contribution in [0.2, 0.25) is 0 Å². The van der Waals surface area contributed by atoms with E-state index in [1.54, 1.807) is 0 Å². The van der Waals surface area contributed by atoms with Crippen LogP contribution in [-0.4, -0.2) is 54.3 Å². The highest BCUT2D eigenvalue weighted by Gasteiger charge is 2.19. The maximum absolute atomic E-state index is 5.40. The molecule has 0 radical (unpaired) electrons. The molecule has 1 unspecified atom stereocenters. The number of anilines is 3. The third-order valence-corrected chi connectivity index (χ3v) is 3.92. The summed E-state index contributed by atoms with van der Waals surface area (Å²) in [7, 11) is 0. The van der Waals surface area contributed by atoms with Crippen LogP contribution in [0.3, 0.4) is 0 Å². The second-order valence-corrected chi connectivity index (χ2v) is 5.62. The molecule has 116 valence electrons. The van der Waals surface area contributed by atoms with Crippen molar-refractivity contribution in [3.05, 3.63) is 0 Å². The van der Waals surface area contributed by atoms with Crippen LogP contribution in [0.25, 0.3) is 0 Å². The number of nitrogens with one attached hydrogen (secondary N) is 2. The van der Waals surface area contributed by atoms with Crippen molar-refractivity contribution in [1.29, 1.82) is 0 Å². The van der Waals surface area contributed by atoms with Crippen molar-refractivity contribution >= 4 is 17.8 Å². The quantitative estimate of drug-likeness (QED) is 0.819. The lowest BCUT2D eigenvalue weighted by Gasteiger charge is -2.17. The summed E-state index contributed by atoms with van der Waals surface area (Å²) in [5, 5.41) is 6.53. The molecule has 0 amide bonds. The highest BCUT2D eigenvalue weighted by Crippen LogP contribution is 2.19. The van der Waals surface area contributed by atoms with Crippen molar-refractivity contribution in [2.75, 3.05) is 54.9 Å². The van der Waals surface area contributed by atoms with Crippen molar-refractivity contribution in [3.63, 3.8) is 0 Å². The van der Waals surface area contributed by atoms with Crippen molar-refractivity contribution in [2.24, 2.45) is 5.92 Å². The van der Waals surface area contributed by atoms with Crippen LogP contribution in [0.5, 0.6) is 0 Å². The first kappa shape index (κ1) is 14.3. The molecule has 2 aliphatic rings. The fraction of sp³-hybridized carbons (Fsp3) is 0.786. The minimum Gasteiger partial charge on any atom is -0.381 e. The van der Waals surface area contributed by atoms with Crippen LogP contribution in [0.1, 0.15) is 26.2 Å². The molecule has 3 heterocycles. The summed E-state index contributed by atoms with van der Waals surface area (Å²) >= 11 is 0. The molecule has 0 aromatic carbocycles. The zero-order valence-electron chi connectivity index (χ0n) is 12.6. The molecule has 7 nitrogen and oxygen atoms in total. The van der Waals surface area contributed by atoms with E-state index in [-0.39, 0.29) is 0 Å². The van der Waals surface area contributed by atoms with Crippen LogP contribution in [0, 0.1) is 5.92 Å². The first-order valence-electron chi connectivity index (χ1n) is 7.91. The van der Waals surface area contributed by atoms with Crippen LogP contribution in [0.15, 0.2) is 0 Å². The fourth-order valence-corrected chi connectivity index (χ4v) is 2.72. The highest BCUT2D eigenvalue weighted by atomic mass is 16.5. The second-order valence-electron chi connectivity index (χ2n) is 5.62. The molecule has 1 aromatic rings.